The molecule has 0 bridgehead atoms. The summed E-state index contributed by atoms with van der Waals surface area (Å²) in [6, 6.07) is 0. The van der Waals surface area contributed by atoms with Gasteiger partial charge in [-0.15, -0.1) is 0 Å². The van der Waals surface area contributed by atoms with Crippen molar-refractivity contribution < 1.29 is 0 Å². The predicted octanol–water partition coefficient (Wildman–Crippen LogP) is 1.73. The summed E-state index contributed by atoms with van der Waals surface area (Å²) in [5, 5.41) is 0. The van der Waals surface area contributed by atoms with Crippen molar-refractivity contribution in [1.29, 1.82) is 0 Å². The maximum absolute atomic E-state index is 2.25. The molecule has 2 nitrogen and oxygen atoms in total. The zero-order chi connectivity index (χ0) is 6.57. The topological polar surface area (TPSA) is 6.48 Å². The highest BCUT2D eigenvalue weighted by Gasteiger charge is 1.92. The van der Waals surface area contributed by atoms with Crippen LogP contribution in [0.4, 0.5) is 0 Å². The monoisotopic (exact) mass is 148 g/mol. The molecule has 0 aliphatic heterocycles. The van der Waals surface area contributed by atoms with Crippen LogP contribution in [-0.4, -0.2) is 44.2 Å². The van der Waals surface area contributed by atoms with Gasteiger partial charge in [-0.05, 0) is 27.7 Å². The van der Waals surface area contributed by atoms with E-state index in [-0.39, 0.29) is 14.9 Å². The Morgan fingerprint density at radius 1 is 1.00 bits per heavy atom. The van der Waals surface area contributed by atoms with Crippen molar-refractivity contribution in [3.63, 3.8) is 0 Å². The lowest BCUT2D eigenvalue weighted by Crippen LogP contribution is -2.29. The summed E-state index contributed by atoms with van der Waals surface area (Å²) >= 11 is 0. The van der Waals surface area contributed by atoms with Crippen molar-refractivity contribution in [3.8, 4) is 0 Å². The van der Waals surface area contributed by atoms with E-state index in [4.69, 9.17) is 0 Å². The molecule has 0 aliphatic rings. The Kier molecular flexibility index (Phi) is 14.7. The molecule has 0 heterocycles. The van der Waals surface area contributed by atoms with Crippen molar-refractivity contribution >= 4 is 0 Å². The van der Waals surface area contributed by atoms with E-state index in [0.717, 1.165) is 13.2 Å². The molecule has 0 unspecified atom stereocenters. The van der Waals surface area contributed by atoms with Crippen molar-refractivity contribution in [3.05, 3.63) is 0 Å². The summed E-state index contributed by atoms with van der Waals surface area (Å²) in [4.78, 5) is 4.41. The van der Waals surface area contributed by atoms with Crippen LogP contribution in [0.15, 0.2) is 0 Å². The minimum atomic E-state index is 0. The van der Waals surface area contributed by atoms with Gasteiger partial charge in [0.2, 0.25) is 0 Å². The second-order valence-corrected chi connectivity index (χ2v) is 2.39. The van der Waals surface area contributed by atoms with Gasteiger partial charge in [0.15, 0.2) is 0 Å². The Morgan fingerprint density at radius 3 is 1.50 bits per heavy atom. The molecular weight excluding hydrogens is 124 g/mol. The Labute approximate surface area is 66.8 Å². The summed E-state index contributed by atoms with van der Waals surface area (Å²) < 4.78 is 0. The molecule has 0 aromatic carbocycles. The van der Waals surface area contributed by atoms with Crippen LogP contribution in [0.1, 0.15) is 21.8 Å². The van der Waals surface area contributed by atoms with E-state index in [1.807, 2.05) is 0 Å². The first-order valence-electron chi connectivity index (χ1n) is 3.00. The first-order valence-corrected chi connectivity index (χ1v) is 3.00. The quantitative estimate of drug-likeness (QED) is 0.562. The normalized spacial score (nSPS) is 9.00. The van der Waals surface area contributed by atoms with Gasteiger partial charge >= 0.3 is 0 Å². The maximum atomic E-state index is 2.25. The van der Waals surface area contributed by atoms with E-state index in [0.29, 0.717) is 0 Å². The highest BCUT2D eigenvalue weighted by molar-refractivity contribution is 4.41. The Bertz CT molecular complexity index is 53.2. The first kappa shape index (κ1) is 16.5. The summed E-state index contributed by atoms with van der Waals surface area (Å²) in [5.41, 5.74) is 0. The minimum Gasteiger partial charge on any atom is -0.297 e. The minimum absolute atomic E-state index is 0. The fourth-order valence-corrected chi connectivity index (χ4v) is 0.583. The van der Waals surface area contributed by atoms with Gasteiger partial charge in [-0.2, -0.15) is 0 Å². The molecule has 0 aromatic heterocycles. The molecule has 0 saturated heterocycles. The van der Waals surface area contributed by atoms with Crippen LogP contribution in [0.5, 0.6) is 0 Å². The largest absolute Gasteiger partial charge is 0.297 e. The van der Waals surface area contributed by atoms with E-state index >= 15 is 0 Å². The van der Waals surface area contributed by atoms with Crippen LogP contribution >= 0.6 is 0 Å². The third-order valence-corrected chi connectivity index (χ3v) is 1.06. The van der Waals surface area contributed by atoms with Gasteiger partial charge in [0.25, 0.3) is 0 Å². The van der Waals surface area contributed by atoms with Crippen molar-refractivity contribution in [2.75, 3.05) is 34.4 Å². The SMILES string of the molecule is C.C.CCN(C)CN(C)C. The molecular formula is C8H24N2. The van der Waals surface area contributed by atoms with Crippen LogP contribution in [0, 0.1) is 0 Å². The molecule has 2 heteroatoms. The average molecular weight is 148 g/mol. The van der Waals surface area contributed by atoms with Crippen LogP contribution in [0.2, 0.25) is 0 Å². The van der Waals surface area contributed by atoms with E-state index in [1.165, 1.54) is 0 Å². The molecule has 0 amide bonds. The van der Waals surface area contributed by atoms with E-state index in [1.54, 1.807) is 0 Å². The summed E-state index contributed by atoms with van der Waals surface area (Å²) in [5.74, 6) is 0. The molecule has 10 heavy (non-hydrogen) atoms. The maximum Gasteiger partial charge on any atom is 0.0497 e. The fourth-order valence-electron chi connectivity index (χ4n) is 0.583. The van der Waals surface area contributed by atoms with E-state index in [2.05, 4.69) is 37.9 Å². The highest BCUT2D eigenvalue weighted by Crippen LogP contribution is 1.80. The third kappa shape index (κ3) is 10.8. The Balaban J connectivity index is -0.000000245. The molecule has 0 rings (SSSR count). The van der Waals surface area contributed by atoms with Gasteiger partial charge in [-0.1, -0.05) is 21.8 Å². The summed E-state index contributed by atoms with van der Waals surface area (Å²) in [7, 11) is 6.26. The second kappa shape index (κ2) is 8.92. The van der Waals surface area contributed by atoms with Gasteiger partial charge in [-0.25, -0.2) is 0 Å². The van der Waals surface area contributed by atoms with E-state index in [9.17, 15) is 0 Å². The molecule has 0 radical (unpaired) electrons. The van der Waals surface area contributed by atoms with Gasteiger partial charge in [0, 0.05) is 6.67 Å². The zero-order valence-electron chi connectivity index (χ0n) is 6.31. The first-order chi connectivity index (χ1) is 3.66. The fraction of sp³-hybridized carbons (Fsp3) is 1.00. The van der Waals surface area contributed by atoms with Crippen molar-refractivity contribution in [2.24, 2.45) is 0 Å². The lowest BCUT2D eigenvalue weighted by Gasteiger charge is -2.18. The third-order valence-electron chi connectivity index (χ3n) is 1.06. The lowest BCUT2D eigenvalue weighted by molar-refractivity contribution is 0.219. The molecule has 66 valence electrons. The molecule has 0 atom stereocenters. The summed E-state index contributed by atoms with van der Waals surface area (Å²) in [6.07, 6.45) is 0. The van der Waals surface area contributed by atoms with Crippen molar-refractivity contribution in [2.45, 2.75) is 21.8 Å². The van der Waals surface area contributed by atoms with Gasteiger partial charge < -0.3 is 0 Å². The number of hydrogen-bond donors (Lipinski definition) is 0. The molecule has 0 saturated carbocycles. The molecule has 0 aromatic rings. The van der Waals surface area contributed by atoms with Gasteiger partial charge in [0.1, 0.15) is 0 Å². The van der Waals surface area contributed by atoms with Crippen LogP contribution < -0.4 is 0 Å². The zero-order valence-corrected chi connectivity index (χ0v) is 6.31. The highest BCUT2D eigenvalue weighted by atomic mass is 15.3. The Morgan fingerprint density at radius 2 is 1.40 bits per heavy atom. The molecule has 0 aliphatic carbocycles. The van der Waals surface area contributed by atoms with Crippen LogP contribution in [-0.2, 0) is 0 Å². The molecule has 0 fully saturated rings. The van der Waals surface area contributed by atoms with Crippen LogP contribution in [0.3, 0.4) is 0 Å². The van der Waals surface area contributed by atoms with E-state index < -0.39 is 0 Å². The predicted molar refractivity (Wildman–Crippen MR) is 50.3 cm³/mol. The smallest absolute Gasteiger partial charge is 0.0497 e. The van der Waals surface area contributed by atoms with Gasteiger partial charge in [0.05, 0.1) is 0 Å². The molecule has 0 N–H and O–H groups in total. The van der Waals surface area contributed by atoms with Crippen molar-refractivity contribution in [1.82, 2.24) is 9.80 Å². The summed E-state index contributed by atoms with van der Waals surface area (Å²) in [6.45, 7) is 4.33. The second-order valence-electron chi connectivity index (χ2n) is 2.39. The van der Waals surface area contributed by atoms with Gasteiger partial charge in [-0.3, -0.25) is 9.80 Å². The number of hydrogen-bond acceptors (Lipinski definition) is 2. The standard InChI is InChI=1S/C6H16N2.2CH4/c1-5-8(4)6-7(2)3;;/h5-6H2,1-4H3;2*1H4. The molecule has 0 spiro atoms. The average Bonchev–Trinajstić information content (AvgIpc) is 1.65. The number of nitrogens with zero attached hydrogens (tertiary/aromatic N) is 2. The Hall–Kier alpha value is -0.0800. The lowest BCUT2D eigenvalue weighted by atomic mass is 10.6. The number of rotatable bonds is 3. The van der Waals surface area contributed by atoms with Crippen LogP contribution in [0.25, 0.3) is 0 Å².